The van der Waals surface area contributed by atoms with Gasteiger partial charge in [-0.15, -0.1) is 0 Å². The van der Waals surface area contributed by atoms with E-state index in [1.165, 1.54) is 16.8 Å². The Bertz CT molecular complexity index is 492. The number of allylic oxidation sites excluding steroid dienone is 3. The van der Waals surface area contributed by atoms with Crippen LogP contribution in [0.15, 0.2) is 24.1 Å². The van der Waals surface area contributed by atoms with E-state index in [-0.39, 0.29) is 0 Å². The monoisotopic (exact) mass is 244 g/mol. The number of piperidine rings is 1. The van der Waals surface area contributed by atoms with Crippen LogP contribution in [0.3, 0.4) is 0 Å². The van der Waals surface area contributed by atoms with Crippen molar-refractivity contribution in [1.29, 1.82) is 0 Å². The largest absolute Gasteiger partial charge is 0.317 e. The summed E-state index contributed by atoms with van der Waals surface area (Å²) in [7, 11) is 0. The Morgan fingerprint density at radius 3 is 2.78 bits per heavy atom. The molecule has 2 heterocycles. The number of aromatic nitrogens is 3. The molecular weight excluding hydrogens is 224 g/mol. The van der Waals surface area contributed by atoms with Crippen molar-refractivity contribution in [1.82, 2.24) is 20.1 Å². The van der Waals surface area contributed by atoms with Crippen molar-refractivity contribution in [3.05, 3.63) is 29.9 Å². The summed E-state index contributed by atoms with van der Waals surface area (Å²) in [5, 5.41) is 8.06. The molecule has 0 amide bonds. The van der Waals surface area contributed by atoms with Gasteiger partial charge in [0.05, 0.1) is 0 Å². The predicted molar refractivity (Wildman–Crippen MR) is 72.1 cm³/mol. The lowest BCUT2D eigenvalue weighted by Crippen LogP contribution is -2.27. The van der Waals surface area contributed by atoms with E-state index < -0.39 is 0 Å². The normalized spacial score (nSPS) is 21.9. The van der Waals surface area contributed by atoms with E-state index in [0.717, 1.165) is 44.6 Å². The number of nitrogens with zero attached hydrogens (tertiary/aromatic N) is 3. The molecule has 0 aromatic carbocycles. The smallest absolute Gasteiger partial charge is 0.154 e. The number of hydrogen-bond acceptors (Lipinski definition) is 3. The highest BCUT2D eigenvalue weighted by Gasteiger charge is 2.21. The average Bonchev–Trinajstić information content (AvgIpc) is 3.00. The first kappa shape index (κ1) is 11.7. The highest BCUT2D eigenvalue weighted by Crippen LogP contribution is 2.32. The first-order valence-corrected chi connectivity index (χ1v) is 6.76. The minimum atomic E-state index is 0.526. The van der Waals surface area contributed by atoms with Crippen molar-refractivity contribution in [3.8, 4) is 0 Å². The zero-order valence-corrected chi connectivity index (χ0v) is 10.9. The lowest BCUT2D eigenvalue weighted by molar-refractivity contribution is 0.445. The molecule has 0 spiro atoms. The minimum absolute atomic E-state index is 0.526. The average molecular weight is 244 g/mol. The standard InChI is InChI=1S/C14H20N4/c1-10-3-4-13(11(10)2)18-9-16-14(17-18)12-5-7-15-8-6-12/h9,12,15H,1,3-8H2,2H3. The van der Waals surface area contributed by atoms with Crippen LogP contribution >= 0.6 is 0 Å². The van der Waals surface area contributed by atoms with Crippen LogP contribution in [0.2, 0.25) is 0 Å². The second kappa shape index (κ2) is 4.69. The summed E-state index contributed by atoms with van der Waals surface area (Å²) in [5.41, 5.74) is 3.80. The first-order chi connectivity index (χ1) is 8.75. The molecule has 18 heavy (non-hydrogen) atoms. The molecule has 0 bridgehead atoms. The Morgan fingerprint density at radius 2 is 2.11 bits per heavy atom. The highest BCUT2D eigenvalue weighted by molar-refractivity contribution is 5.60. The topological polar surface area (TPSA) is 42.7 Å². The molecule has 4 heteroatoms. The number of rotatable bonds is 2. The van der Waals surface area contributed by atoms with Gasteiger partial charge in [0.15, 0.2) is 5.82 Å². The van der Waals surface area contributed by atoms with Gasteiger partial charge in [0.25, 0.3) is 0 Å². The van der Waals surface area contributed by atoms with Crippen LogP contribution in [-0.2, 0) is 0 Å². The van der Waals surface area contributed by atoms with Crippen LogP contribution in [0, 0.1) is 0 Å². The predicted octanol–water partition coefficient (Wildman–Crippen LogP) is 2.33. The van der Waals surface area contributed by atoms with Gasteiger partial charge in [-0.3, -0.25) is 0 Å². The van der Waals surface area contributed by atoms with Gasteiger partial charge < -0.3 is 5.32 Å². The third kappa shape index (κ3) is 2.01. The summed E-state index contributed by atoms with van der Waals surface area (Å²) in [6.07, 6.45) is 6.27. The van der Waals surface area contributed by atoms with E-state index in [9.17, 15) is 0 Å². The summed E-state index contributed by atoms with van der Waals surface area (Å²) in [6.45, 7) is 8.38. The molecule has 1 aliphatic carbocycles. The molecule has 0 unspecified atom stereocenters. The van der Waals surface area contributed by atoms with Gasteiger partial charge in [-0.25, -0.2) is 9.67 Å². The number of nitrogens with one attached hydrogen (secondary N) is 1. The zero-order chi connectivity index (χ0) is 12.5. The molecule has 1 aromatic rings. The molecule has 0 radical (unpaired) electrons. The number of hydrogen-bond donors (Lipinski definition) is 1. The van der Waals surface area contributed by atoms with Crippen LogP contribution in [0.1, 0.15) is 44.3 Å². The Labute approximate surface area is 108 Å². The summed E-state index contributed by atoms with van der Waals surface area (Å²) in [6, 6.07) is 0. The van der Waals surface area contributed by atoms with E-state index in [1.807, 2.05) is 11.0 Å². The van der Waals surface area contributed by atoms with Gasteiger partial charge in [-0.05, 0) is 51.3 Å². The van der Waals surface area contributed by atoms with Crippen LogP contribution in [0.5, 0.6) is 0 Å². The third-order valence-corrected chi connectivity index (χ3v) is 4.12. The third-order valence-electron chi connectivity index (χ3n) is 4.12. The molecule has 1 aliphatic heterocycles. The lowest BCUT2D eigenvalue weighted by atomic mass is 9.98. The maximum atomic E-state index is 4.68. The van der Waals surface area contributed by atoms with E-state index in [2.05, 4.69) is 28.9 Å². The summed E-state index contributed by atoms with van der Waals surface area (Å²) >= 11 is 0. The minimum Gasteiger partial charge on any atom is -0.317 e. The van der Waals surface area contributed by atoms with Crippen LogP contribution in [-0.4, -0.2) is 27.9 Å². The molecule has 4 nitrogen and oxygen atoms in total. The Hall–Kier alpha value is -1.42. The van der Waals surface area contributed by atoms with Crippen LogP contribution < -0.4 is 5.32 Å². The second-order valence-electron chi connectivity index (χ2n) is 5.25. The van der Waals surface area contributed by atoms with E-state index in [0.29, 0.717) is 5.92 Å². The first-order valence-electron chi connectivity index (χ1n) is 6.76. The highest BCUT2D eigenvalue weighted by atomic mass is 15.3. The molecule has 96 valence electrons. The molecule has 2 aliphatic rings. The van der Waals surface area contributed by atoms with Gasteiger partial charge in [-0.2, -0.15) is 5.10 Å². The summed E-state index contributed by atoms with van der Waals surface area (Å²) in [5.74, 6) is 1.53. The zero-order valence-electron chi connectivity index (χ0n) is 10.9. The van der Waals surface area contributed by atoms with E-state index >= 15 is 0 Å². The molecule has 1 saturated heterocycles. The fourth-order valence-corrected chi connectivity index (χ4v) is 2.81. The van der Waals surface area contributed by atoms with Crippen LogP contribution in [0.4, 0.5) is 0 Å². The second-order valence-corrected chi connectivity index (χ2v) is 5.25. The Balaban J connectivity index is 1.83. The molecular formula is C14H20N4. The maximum absolute atomic E-state index is 4.68. The molecule has 1 aromatic heterocycles. The van der Waals surface area contributed by atoms with Crippen molar-refractivity contribution in [2.75, 3.05) is 13.1 Å². The fraction of sp³-hybridized carbons (Fsp3) is 0.571. The van der Waals surface area contributed by atoms with Gasteiger partial charge in [0.1, 0.15) is 6.33 Å². The van der Waals surface area contributed by atoms with Gasteiger partial charge in [0, 0.05) is 11.6 Å². The SMILES string of the molecule is C=C1CCC(n2cnc(C3CCNCC3)n2)=C1C. The quantitative estimate of drug-likeness (QED) is 0.868. The Morgan fingerprint density at radius 1 is 1.33 bits per heavy atom. The van der Waals surface area contributed by atoms with Gasteiger partial charge in [-0.1, -0.05) is 12.2 Å². The maximum Gasteiger partial charge on any atom is 0.154 e. The molecule has 3 rings (SSSR count). The Kier molecular flexibility index (Phi) is 3.04. The molecule has 0 saturated carbocycles. The van der Waals surface area contributed by atoms with E-state index in [4.69, 9.17) is 0 Å². The fourth-order valence-electron chi connectivity index (χ4n) is 2.81. The van der Waals surface area contributed by atoms with E-state index in [1.54, 1.807) is 0 Å². The molecule has 0 atom stereocenters. The van der Waals surface area contributed by atoms with Gasteiger partial charge in [0.2, 0.25) is 0 Å². The lowest BCUT2D eigenvalue weighted by Gasteiger charge is -2.19. The molecule has 1 fully saturated rings. The van der Waals surface area contributed by atoms with Crippen molar-refractivity contribution in [2.24, 2.45) is 0 Å². The van der Waals surface area contributed by atoms with Crippen molar-refractivity contribution in [3.63, 3.8) is 0 Å². The van der Waals surface area contributed by atoms with Crippen molar-refractivity contribution in [2.45, 2.75) is 38.5 Å². The summed E-state index contributed by atoms with van der Waals surface area (Å²) < 4.78 is 1.96. The van der Waals surface area contributed by atoms with Gasteiger partial charge >= 0.3 is 0 Å². The van der Waals surface area contributed by atoms with Crippen LogP contribution in [0.25, 0.3) is 5.70 Å². The van der Waals surface area contributed by atoms with Crippen molar-refractivity contribution < 1.29 is 0 Å². The summed E-state index contributed by atoms with van der Waals surface area (Å²) in [4.78, 5) is 4.50. The van der Waals surface area contributed by atoms with Crippen molar-refractivity contribution >= 4 is 5.70 Å². The molecule has 1 N–H and O–H groups in total.